The molecule has 3 N–H and O–H groups in total. The highest BCUT2D eigenvalue weighted by Crippen LogP contribution is 2.41. The molecule has 1 aliphatic heterocycles. The summed E-state index contributed by atoms with van der Waals surface area (Å²) in [5, 5.41) is 11.0. The van der Waals surface area contributed by atoms with Crippen LogP contribution in [-0.4, -0.2) is 56.0 Å². The van der Waals surface area contributed by atoms with E-state index >= 15 is 13.2 Å². The van der Waals surface area contributed by atoms with Gasteiger partial charge in [-0.1, -0.05) is 48.9 Å². The van der Waals surface area contributed by atoms with Crippen molar-refractivity contribution in [3.8, 4) is 11.1 Å². The molecule has 0 bridgehead atoms. The maximum atomic E-state index is 15.6. The normalized spacial score (nSPS) is 24.6. The molecule has 11 heteroatoms. The van der Waals surface area contributed by atoms with Gasteiger partial charge >= 0.3 is 0 Å². The van der Waals surface area contributed by atoms with E-state index in [9.17, 15) is 14.1 Å². The highest BCUT2D eigenvalue weighted by Gasteiger charge is 2.59. The largest absolute Gasteiger partial charge is 0.380 e. The van der Waals surface area contributed by atoms with E-state index in [0.29, 0.717) is 17.0 Å². The Morgan fingerprint density at radius 3 is 2.57 bits per heavy atom. The molecule has 35 heavy (non-hydrogen) atoms. The van der Waals surface area contributed by atoms with E-state index in [-0.39, 0.29) is 36.1 Å². The molecule has 1 amide bonds. The third-order valence-corrected chi connectivity index (χ3v) is 8.51. The monoisotopic (exact) mass is 529 g/mol. The second-order valence-corrected chi connectivity index (χ2v) is 11.8. The van der Waals surface area contributed by atoms with Gasteiger partial charge in [-0.2, -0.15) is 0 Å². The maximum absolute atomic E-state index is 15.6. The van der Waals surface area contributed by atoms with Crippen molar-refractivity contribution in [2.75, 3.05) is 12.3 Å². The quantitative estimate of drug-likeness (QED) is 0.496. The fraction of sp³-hybridized carbons (Fsp3) is 0.458. The van der Waals surface area contributed by atoms with Gasteiger partial charge in [0.05, 0.1) is 12.6 Å². The number of nitrogens with zero attached hydrogens (tertiary/aromatic N) is 1. The molecule has 1 aliphatic carbocycles. The van der Waals surface area contributed by atoms with Crippen molar-refractivity contribution in [1.82, 2.24) is 9.62 Å². The van der Waals surface area contributed by atoms with Crippen molar-refractivity contribution in [3.05, 3.63) is 58.9 Å². The molecule has 2 aromatic carbocycles. The van der Waals surface area contributed by atoms with Gasteiger partial charge in [-0.05, 0) is 48.9 Å². The molecule has 0 spiro atoms. The van der Waals surface area contributed by atoms with Gasteiger partial charge in [0, 0.05) is 16.3 Å². The van der Waals surface area contributed by atoms with E-state index in [0.717, 1.165) is 4.90 Å². The first-order valence-corrected chi connectivity index (χ1v) is 13.5. The van der Waals surface area contributed by atoms with Crippen LogP contribution in [-0.2, 0) is 21.1 Å². The van der Waals surface area contributed by atoms with Crippen molar-refractivity contribution in [1.29, 1.82) is 4.78 Å². The Hall–Kier alpha value is -2.14. The highest BCUT2D eigenvalue weighted by molar-refractivity contribution is 7.90. The second-order valence-electron chi connectivity index (χ2n) is 9.20. The molecule has 2 fully saturated rings. The summed E-state index contributed by atoms with van der Waals surface area (Å²) in [6.07, 6.45) is 0.572. The topological polar surface area (TPSA) is 93.5 Å². The van der Waals surface area contributed by atoms with Gasteiger partial charge in [0.15, 0.2) is 0 Å². The van der Waals surface area contributed by atoms with Crippen LogP contribution in [0.3, 0.4) is 0 Å². The molecule has 190 valence electrons. The van der Waals surface area contributed by atoms with Crippen LogP contribution in [0.4, 0.5) is 13.2 Å². The molecule has 1 unspecified atom stereocenters. The predicted octanol–water partition coefficient (Wildman–Crippen LogP) is 4.39. The second kappa shape index (κ2) is 9.38. The molecule has 1 saturated carbocycles. The number of aliphatic hydroxyl groups is 1. The molecule has 1 saturated heterocycles. The van der Waals surface area contributed by atoms with E-state index in [1.807, 2.05) is 0 Å². The first kappa shape index (κ1) is 25.9. The Balaban J connectivity index is 1.74. The first-order valence-electron chi connectivity index (χ1n) is 11.4. The number of benzene rings is 2. The van der Waals surface area contributed by atoms with Crippen molar-refractivity contribution >= 4 is 27.4 Å². The Bertz CT molecular complexity index is 1240. The van der Waals surface area contributed by atoms with E-state index in [2.05, 4.69) is 4.72 Å². The fourth-order valence-corrected chi connectivity index (χ4v) is 5.74. The summed E-state index contributed by atoms with van der Waals surface area (Å²) in [5.41, 5.74) is -0.950. The van der Waals surface area contributed by atoms with E-state index in [1.165, 1.54) is 19.1 Å². The van der Waals surface area contributed by atoms with E-state index in [1.54, 1.807) is 30.3 Å². The van der Waals surface area contributed by atoms with Crippen LogP contribution >= 0.6 is 11.6 Å². The summed E-state index contributed by atoms with van der Waals surface area (Å²) in [4.78, 5) is 14.0. The summed E-state index contributed by atoms with van der Waals surface area (Å²) in [6, 6.07) is 7.93. The standard InChI is InChI=1S/C24H27ClF3N3O3S/c1-2-35(29,34)30-21-19(31(14-24(21,27)28)22(32)23(33)10-5-11-23)13-16-7-4-9-18(20(16)26)15-6-3-8-17(25)12-15/h3-4,6-9,12,19,21,33H,2,5,10-11,13-14H2,1H3,(H2,29,30,34)/t19-,21+,35?/m0/s1. The summed E-state index contributed by atoms with van der Waals surface area (Å²) in [6.45, 7) is 0.407. The van der Waals surface area contributed by atoms with Crippen LogP contribution in [0.5, 0.6) is 0 Å². The summed E-state index contributed by atoms with van der Waals surface area (Å²) >= 11 is 6.04. The van der Waals surface area contributed by atoms with Crippen LogP contribution in [0, 0.1) is 10.6 Å². The molecule has 0 aromatic heterocycles. The van der Waals surface area contributed by atoms with Gasteiger partial charge in [-0.15, -0.1) is 0 Å². The van der Waals surface area contributed by atoms with Crippen LogP contribution in [0.15, 0.2) is 42.5 Å². The van der Waals surface area contributed by atoms with Crippen molar-refractivity contribution < 1.29 is 27.3 Å². The van der Waals surface area contributed by atoms with Crippen molar-refractivity contribution in [2.45, 2.75) is 56.2 Å². The lowest BCUT2D eigenvalue weighted by atomic mass is 9.79. The minimum Gasteiger partial charge on any atom is -0.380 e. The fourth-order valence-electron chi connectivity index (χ4n) is 4.64. The Morgan fingerprint density at radius 1 is 1.29 bits per heavy atom. The average molecular weight is 530 g/mol. The molecule has 3 atom stereocenters. The zero-order valence-electron chi connectivity index (χ0n) is 19.1. The molecule has 2 aromatic rings. The van der Waals surface area contributed by atoms with Gasteiger partial charge in [-0.25, -0.2) is 26.9 Å². The van der Waals surface area contributed by atoms with Gasteiger partial charge in [0.1, 0.15) is 27.4 Å². The molecular formula is C24H27ClF3N3O3S. The third-order valence-electron chi connectivity index (χ3n) is 6.83. The van der Waals surface area contributed by atoms with E-state index in [4.69, 9.17) is 16.4 Å². The van der Waals surface area contributed by atoms with Crippen LogP contribution < -0.4 is 4.72 Å². The highest BCUT2D eigenvalue weighted by atomic mass is 35.5. The number of likely N-dealkylation sites (tertiary alicyclic amines) is 1. The molecule has 2 aliphatic rings. The SMILES string of the molecule is CCS(=N)(=O)N[C@@H]1[C@H](Cc2cccc(-c3cccc(Cl)c3)c2F)N(C(=O)C2(O)CCC2)CC1(F)F. The minimum absolute atomic E-state index is 0.0725. The van der Waals surface area contributed by atoms with Crippen molar-refractivity contribution in [2.24, 2.45) is 0 Å². The molecule has 0 radical (unpaired) electrons. The average Bonchev–Trinajstić information content (AvgIpc) is 3.02. The van der Waals surface area contributed by atoms with Crippen LogP contribution in [0.25, 0.3) is 11.1 Å². The number of amides is 1. The van der Waals surface area contributed by atoms with E-state index < -0.39 is 51.8 Å². The van der Waals surface area contributed by atoms with Crippen molar-refractivity contribution in [3.63, 3.8) is 0 Å². The lowest BCUT2D eigenvalue weighted by molar-refractivity contribution is -0.162. The number of hydrogen-bond donors (Lipinski definition) is 3. The minimum atomic E-state index is -3.58. The predicted molar refractivity (Wildman–Crippen MR) is 128 cm³/mol. The zero-order chi connectivity index (χ0) is 25.6. The Labute approximate surface area is 207 Å². The number of carbonyl (C=O) groups is 1. The van der Waals surface area contributed by atoms with Crippen LogP contribution in [0.1, 0.15) is 31.7 Å². The summed E-state index contributed by atoms with van der Waals surface area (Å²) in [7, 11) is -3.58. The maximum Gasteiger partial charge on any atom is 0.283 e. The molecule has 4 rings (SSSR count). The van der Waals surface area contributed by atoms with Gasteiger partial charge in [0.25, 0.3) is 11.8 Å². The van der Waals surface area contributed by atoms with Gasteiger partial charge in [0.2, 0.25) is 0 Å². The first-order chi connectivity index (χ1) is 16.4. The van der Waals surface area contributed by atoms with Gasteiger partial charge < -0.3 is 10.0 Å². The number of carbonyl (C=O) groups excluding carboxylic acids is 1. The molecule has 6 nitrogen and oxygen atoms in total. The number of rotatable bonds is 7. The number of hydrogen-bond acceptors (Lipinski definition) is 4. The summed E-state index contributed by atoms with van der Waals surface area (Å²) < 4.78 is 68.6. The number of halogens is 4. The smallest absolute Gasteiger partial charge is 0.283 e. The molecule has 1 heterocycles. The zero-order valence-corrected chi connectivity index (χ0v) is 20.6. The lowest BCUT2D eigenvalue weighted by Crippen LogP contribution is -2.57. The van der Waals surface area contributed by atoms with Crippen LogP contribution in [0.2, 0.25) is 5.02 Å². The number of nitrogens with one attached hydrogen (secondary N) is 2. The number of alkyl halides is 2. The Kier molecular flexibility index (Phi) is 6.95. The third kappa shape index (κ3) is 5.07. The molecular weight excluding hydrogens is 503 g/mol. The van der Waals surface area contributed by atoms with Gasteiger partial charge in [-0.3, -0.25) is 4.79 Å². The lowest BCUT2D eigenvalue weighted by Gasteiger charge is -2.40. The summed E-state index contributed by atoms with van der Waals surface area (Å²) in [5.74, 6) is -5.26. The Morgan fingerprint density at radius 2 is 1.97 bits per heavy atom.